The molecule has 1 aromatic carbocycles. The molecule has 3 heteroatoms. The second-order valence-electron chi connectivity index (χ2n) is 4.70. The zero-order valence-electron chi connectivity index (χ0n) is 9.59. The summed E-state index contributed by atoms with van der Waals surface area (Å²) in [4.78, 5) is 0. The molecule has 2 nitrogen and oxygen atoms in total. The summed E-state index contributed by atoms with van der Waals surface area (Å²) < 4.78 is 6.32. The van der Waals surface area contributed by atoms with Gasteiger partial charge in [-0.1, -0.05) is 0 Å². The summed E-state index contributed by atoms with van der Waals surface area (Å²) in [5.41, 5.74) is 2.93. The maximum atomic E-state index is 5.23. The highest BCUT2D eigenvalue weighted by molar-refractivity contribution is 5.36. The normalized spacial score (nSPS) is 17.5. The van der Waals surface area contributed by atoms with Crippen molar-refractivity contribution in [1.82, 2.24) is 0 Å². The molecule has 0 saturated heterocycles. The van der Waals surface area contributed by atoms with E-state index in [9.17, 15) is 0 Å². The molecule has 0 bridgehead atoms. The molecular formula is C12H18ClNO. The van der Waals surface area contributed by atoms with Gasteiger partial charge in [-0.05, 0) is 23.8 Å². The summed E-state index contributed by atoms with van der Waals surface area (Å²) >= 11 is 0. The molecule has 1 aliphatic rings. The first-order valence-electron chi connectivity index (χ1n) is 5.08. The lowest BCUT2D eigenvalue weighted by Gasteiger charge is -2.34. The quantitative estimate of drug-likeness (QED) is 0.550. The van der Waals surface area contributed by atoms with Crippen molar-refractivity contribution in [3.8, 4) is 5.75 Å². The Labute approximate surface area is 97.9 Å². The Bertz CT molecular complexity index is 349. The molecule has 0 atom stereocenters. The lowest BCUT2D eigenvalue weighted by molar-refractivity contribution is -0.905. The molecule has 15 heavy (non-hydrogen) atoms. The third-order valence-electron chi connectivity index (χ3n) is 3.00. The van der Waals surface area contributed by atoms with Crippen LogP contribution in [0.1, 0.15) is 11.1 Å². The monoisotopic (exact) mass is 227 g/mol. The predicted molar refractivity (Wildman–Crippen MR) is 57.4 cm³/mol. The van der Waals surface area contributed by atoms with E-state index < -0.39 is 0 Å². The average molecular weight is 228 g/mol. The smallest absolute Gasteiger partial charge is 0.119 e. The summed E-state index contributed by atoms with van der Waals surface area (Å²) in [6.07, 6.45) is 1.17. The van der Waals surface area contributed by atoms with E-state index in [0.29, 0.717) is 0 Å². The van der Waals surface area contributed by atoms with Crippen LogP contribution in [0.15, 0.2) is 18.2 Å². The molecule has 1 aromatic rings. The van der Waals surface area contributed by atoms with E-state index in [1.807, 2.05) is 0 Å². The second-order valence-corrected chi connectivity index (χ2v) is 4.70. The molecule has 1 heterocycles. The topological polar surface area (TPSA) is 9.23 Å². The second kappa shape index (κ2) is 4.42. The first-order valence-corrected chi connectivity index (χ1v) is 5.08. The maximum Gasteiger partial charge on any atom is 0.119 e. The number of hydrogen-bond donors (Lipinski definition) is 0. The molecular weight excluding hydrogens is 210 g/mol. The van der Waals surface area contributed by atoms with E-state index in [1.165, 1.54) is 24.1 Å². The molecule has 0 unspecified atom stereocenters. The Morgan fingerprint density at radius 1 is 1.20 bits per heavy atom. The van der Waals surface area contributed by atoms with E-state index in [2.05, 4.69) is 32.3 Å². The molecule has 0 aromatic heterocycles. The largest absolute Gasteiger partial charge is 1.00 e. The van der Waals surface area contributed by atoms with Crippen molar-refractivity contribution < 1.29 is 21.6 Å². The Balaban J connectivity index is 0.00000112. The van der Waals surface area contributed by atoms with Gasteiger partial charge in [-0.3, -0.25) is 0 Å². The number of ether oxygens (including phenoxy) is 1. The van der Waals surface area contributed by atoms with Crippen LogP contribution in [0.5, 0.6) is 5.75 Å². The lowest BCUT2D eigenvalue weighted by atomic mass is 9.98. The van der Waals surface area contributed by atoms with Gasteiger partial charge < -0.3 is 21.6 Å². The van der Waals surface area contributed by atoms with Crippen molar-refractivity contribution in [2.45, 2.75) is 13.0 Å². The van der Waals surface area contributed by atoms with Gasteiger partial charge in [-0.25, -0.2) is 0 Å². The highest BCUT2D eigenvalue weighted by atomic mass is 35.5. The maximum absolute atomic E-state index is 5.23. The van der Waals surface area contributed by atoms with Crippen LogP contribution in [0.3, 0.4) is 0 Å². The van der Waals surface area contributed by atoms with E-state index in [1.54, 1.807) is 7.11 Å². The van der Waals surface area contributed by atoms with Crippen LogP contribution < -0.4 is 17.1 Å². The van der Waals surface area contributed by atoms with Crippen molar-refractivity contribution in [3.63, 3.8) is 0 Å². The molecule has 0 N–H and O–H groups in total. The van der Waals surface area contributed by atoms with Crippen LogP contribution in [-0.4, -0.2) is 32.2 Å². The van der Waals surface area contributed by atoms with E-state index >= 15 is 0 Å². The van der Waals surface area contributed by atoms with Gasteiger partial charge in [0.1, 0.15) is 12.3 Å². The highest BCUT2D eigenvalue weighted by Crippen LogP contribution is 2.25. The standard InChI is InChI=1S/C12H18NO.ClH/c1-13(2)7-6-10-8-12(14-3)5-4-11(10)9-13;/h4-5,8H,6-7,9H2,1-3H3;1H/q+1;/p-1. The lowest BCUT2D eigenvalue weighted by Crippen LogP contribution is -3.00. The highest BCUT2D eigenvalue weighted by Gasteiger charge is 2.23. The van der Waals surface area contributed by atoms with Crippen LogP contribution in [-0.2, 0) is 13.0 Å². The number of benzene rings is 1. The van der Waals surface area contributed by atoms with E-state index in [0.717, 1.165) is 16.8 Å². The molecule has 84 valence electrons. The number of methoxy groups -OCH3 is 1. The molecule has 2 rings (SSSR count). The number of nitrogens with zero attached hydrogens (tertiary/aromatic N) is 1. The van der Waals surface area contributed by atoms with Crippen molar-refractivity contribution in [2.75, 3.05) is 27.7 Å². The number of rotatable bonds is 1. The molecule has 0 radical (unpaired) electrons. The summed E-state index contributed by atoms with van der Waals surface area (Å²) in [5.74, 6) is 0.982. The predicted octanol–water partition coefficient (Wildman–Crippen LogP) is -1.17. The van der Waals surface area contributed by atoms with Crippen molar-refractivity contribution in [1.29, 1.82) is 0 Å². The number of halogens is 1. The molecule has 0 fully saturated rings. The molecule has 0 spiro atoms. The van der Waals surface area contributed by atoms with Gasteiger partial charge in [-0.2, -0.15) is 0 Å². The van der Waals surface area contributed by atoms with Crippen LogP contribution in [0, 0.1) is 0 Å². The minimum Gasteiger partial charge on any atom is -1.00 e. The van der Waals surface area contributed by atoms with Crippen molar-refractivity contribution in [2.24, 2.45) is 0 Å². The van der Waals surface area contributed by atoms with Gasteiger partial charge in [0, 0.05) is 12.0 Å². The van der Waals surface area contributed by atoms with E-state index in [-0.39, 0.29) is 12.4 Å². The fraction of sp³-hybridized carbons (Fsp3) is 0.500. The Morgan fingerprint density at radius 2 is 1.93 bits per heavy atom. The third-order valence-corrected chi connectivity index (χ3v) is 3.00. The summed E-state index contributed by atoms with van der Waals surface area (Å²) in [5, 5.41) is 0. The Kier molecular flexibility index (Phi) is 3.63. The van der Waals surface area contributed by atoms with Gasteiger partial charge >= 0.3 is 0 Å². The average Bonchev–Trinajstić information content (AvgIpc) is 2.16. The van der Waals surface area contributed by atoms with Crippen LogP contribution in [0.25, 0.3) is 0 Å². The van der Waals surface area contributed by atoms with Gasteiger partial charge in [0.2, 0.25) is 0 Å². The summed E-state index contributed by atoms with van der Waals surface area (Å²) in [6, 6.07) is 6.44. The van der Waals surface area contributed by atoms with Gasteiger partial charge in [0.25, 0.3) is 0 Å². The summed E-state index contributed by atoms with van der Waals surface area (Å²) in [7, 11) is 6.30. The van der Waals surface area contributed by atoms with E-state index in [4.69, 9.17) is 4.74 Å². The zero-order chi connectivity index (χ0) is 10.2. The number of likely N-dealkylation sites (N-methyl/N-ethyl adjacent to an activating group) is 1. The molecule has 0 amide bonds. The van der Waals surface area contributed by atoms with Crippen LogP contribution in [0.2, 0.25) is 0 Å². The number of quaternary nitrogens is 1. The Hall–Kier alpha value is -0.730. The van der Waals surface area contributed by atoms with Gasteiger partial charge in [-0.15, -0.1) is 0 Å². The molecule has 0 aliphatic carbocycles. The van der Waals surface area contributed by atoms with Crippen LogP contribution >= 0.6 is 0 Å². The van der Waals surface area contributed by atoms with Gasteiger partial charge in [0.15, 0.2) is 0 Å². The van der Waals surface area contributed by atoms with Crippen molar-refractivity contribution >= 4 is 0 Å². The fourth-order valence-electron chi connectivity index (χ4n) is 2.08. The van der Waals surface area contributed by atoms with Gasteiger partial charge in [0.05, 0.1) is 27.7 Å². The van der Waals surface area contributed by atoms with Crippen molar-refractivity contribution in [3.05, 3.63) is 29.3 Å². The molecule has 0 saturated carbocycles. The first-order chi connectivity index (χ1) is 6.61. The third kappa shape index (κ3) is 2.64. The number of fused-ring (bicyclic) bond motifs is 1. The first kappa shape index (κ1) is 12.3. The fourth-order valence-corrected chi connectivity index (χ4v) is 2.08. The Morgan fingerprint density at radius 3 is 2.60 bits per heavy atom. The zero-order valence-corrected chi connectivity index (χ0v) is 10.3. The van der Waals surface area contributed by atoms with Crippen LogP contribution in [0.4, 0.5) is 0 Å². The number of hydrogen-bond acceptors (Lipinski definition) is 1. The SMILES string of the molecule is COc1ccc2c(c1)CC[N+](C)(C)C2.[Cl-]. The minimum absolute atomic E-state index is 0. The minimum atomic E-state index is 0. The summed E-state index contributed by atoms with van der Waals surface area (Å²) in [6.45, 7) is 2.36. The molecule has 1 aliphatic heterocycles.